The van der Waals surface area contributed by atoms with Crippen molar-refractivity contribution in [3.05, 3.63) is 59.6 Å². The van der Waals surface area contributed by atoms with Crippen LogP contribution in [0.4, 0.5) is 5.69 Å². The lowest BCUT2D eigenvalue weighted by Crippen LogP contribution is -2.40. The Kier molecular flexibility index (Phi) is 4.38. The van der Waals surface area contributed by atoms with Crippen LogP contribution in [0.2, 0.25) is 0 Å². The van der Waals surface area contributed by atoms with Gasteiger partial charge in [0.2, 0.25) is 11.9 Å². The van der Waals surface area contributed by atoms with E-state index in [0.29, 0.717) is 17.2 Å². The highest BCUT2D eigenvalue weighted by atomic mass is 16.7. The Balaban J connectivity index is 1.78. The molecule has 0 saturated carbocycles. The smallest absolute Gasteiger partial charge is 0.240 e. The van der Waals surface area contributed by atoms with Gasteiger partial charge in [-0.2, -0.15) is 4.99 Å². The van der Waals surface area contributed by atoms with E-state index in [2.05, 4.69) is 18.0 Å². The molecule has 5 nitrogen and oxygen atoms in total. The van der Waals surface area contributed by atoms with Crippen molar-refractivity contribution in [3.8, 4) is 5.75 Å². The lowest BCUT2D eigenvalue weighted by Gasteiger charge is -2.39. The van der Waals surface area contributed by atoms with Crippen molar-refractivity contribution in [3.63, 3.8) is 0 Å². The Morgan fingerprint density at radius 3 is 2.75 bits per heavy atom. The van der Waals surface area contributed by atoms with Crippen LogP contribution in [0.15, 0.2) is 64.6 Å². The third kappa shape index (κ3) is 3.18. The maximum absolute atomic E-state index is 10.2. The van der Waals surface area contributed by atoms with Gasteiger partial charge in [-0.25, -0.2) is 4.79 Å². The molecular weight excluding hydrogens is 306 g/mol. The van der Waals surface area contributed by atoms with Gasteiger partial charge in [0.05, 0.1) is 5.69 Å². The summed E-state index contributed by atoms with van der Waals surface area (Å²) >= 11 is 0. The molecule has 124 valence electrons. The van der Waals surface area contributed by atoms with E-state index in [4.69, 9.17) is 14.2 Å². The average molecular weight is 325 g/mol. The highest BCUT2D eigenvalue weighted by molar-refractivity contribution is 5.50. The van der Waals surface area contributed by atoms with E-state index in [1.165, 1.54) is 6.08 Å². The highest BCUT2D eigenvalue weighted by Crippen LogP contribution is 2.39. The van der Waals surface area contributed by atoms with Crippen molar-refractivity contribution >= 4 is 11.8 Å². The third-order valence-corrected chi connectivity index (χ3v) is 4.36. The second-order valence-electron chi connectivity index (χ2n) is 5.92. The number of allylic oxidation sites excluding steroid dienone is 3. The number of isocyanates is 1. The molecule has 2 unspecified atom stereocenters. The van der Waals surface area contributed by atoms with Crippen LogP contribution in [0.3, 0.4) is 0 Å². The van der Waals surface area contributed by atoms with Crippen LogP contribution in [0, 0.1) is 5.92 Å². The fraction of sp³-hybridized carbons (Fsp3) is 0.316. The number of rotatable bonds is 4. The number of aliphatic imine (C=N–C) groups is 1. The fourth-order valence-electron chi connectivity index (χ4n) is 2.68. The second kappa shape index (κ2) is 6.48. The molecule has 1 aliphatic carbocycles. The van der Waals surface area contributed by atoms with E-state index in [-0.39, 0.29) is 5.92 Å². The zero-order valence-corrected chi connectivity index (χ0v) is 13.9. The van der Waals surface area contributed by atoms with E-state index in [1.54, 1.807) is 31.4 Å². The fourth-order valence-corrected chi connectivity index (χ4v) is 2.68. The summed E-state index contributed by atoms with van der Waals surface area (Å²) in [4.78, 5) is 13.8. The van der Waals surface area contributed by atoms with Gasteiger partial charge in [0.25, 0.3) is 0 Å². The van der Waals surface area contributed by atoms with Crippen molar-refractivity contribution in [1.29, 1.82) is 0 Å². The number of hydrogen-bond donors (Lipinski definition) is 0. The van der Waals surface area contributed by atoms with Crippen LogP contribution in [0.5, 0.6) is 5.75 Å². The molecule has 0 N–H and O–H groups in total. The first-order chi connectivity index (χ1) is 11.5. The summed E-state index contributed by atoms with van der Waals surface area (Å²) in [6.45, 7) is 4.00. The first kappa shape index (κ1) is 16.2. The van der Waals surface area contributed by atoms with Crippen LogP contribution in [0.1, 0.15) is 20.3 Å². The number of fused-ring (bicyclic) bond motifs is 1. The lowest BCUT2D eigenvalue weighted by molar-refractivity contribution is -0.210. The summed E-state index contributed by atoms with van der Waals surface area (Å²) < 4.78 is 17.4. The van der Waals surface area contributed by atoms with Gasteiger partial charge in [0.15, 0.2) is 0 Å². The predicted octanol–water partition coefficient (Wildman–Crippen LogP) is 4.16. The number of methoxy groups -OCH3 is 1. The summed E-state index contributed by atoms with van der Waals surface area (Å²) in [5.41, 5.74) is 1.68. The summed E-state index contributed by atoms with van der Waals surface area (Å²) in [5.74, 6) is 1.64. The molecule has 1 aliphatic heterocycles. The summed E-state index contributed by atoms with van der Waals surface area (Å²) in [6.07, 6.45) is 8.32. The minimum absolute atomic E-state index is 0.163. The van der Waals surface area contributed by atoms with Crippen molar-refractivity contribution in [2.24, 2.45) is 10.9 Å². The minimum Gasteiger partial charge on any atom is -0.462 e. The van der Waals surface area contributed by atoms with Crippen molar-refractivity contribution < 1.29 is 19.0 Å². The largest absolute Gasteiger partial charge is 0.462 e. The minimum atomic E-state index is -0.674. The van der Waals surface area contributed by atoms with E-state index in [0.717, 1.165) is 17.8 Å². The molecule has 0 amide bonds. The molecule has 0 radical (unpaired) electrons. The van der Waals surface area contributed by atoms with Gasteiger partial charge >= 0.3 is 0 Å². The summed E-state index contributed by atoms with van der Waals surface area (Å²) in [7, 11) is 1.65. The van der Waals surface area contributed by atoms with Crippen LogP contribution in [-0.4, -0.2) is 19.0 Å². The zero-order chi connectivity index (χ0) is 17.2. The quantitative estimate of drug-likeness (QED) is 0.616. The first-order valence-corrected chi connectivity index (χ1v) is 7.77. The van der Waals surface area contributed by atoms with Crippen molar-refractivity contribution in [2.45, 2.75) is 26.1 Å². The van der Waals surface area contributed by atoms with Crippen LogP contribution < -0.4 is 4.74 Å². The topological polar surface area (TPSA) is 57.1 Å². The summed E-state index contributed by atoms with van der Waals surface area (Å²) in [6, 6.07) is 6.90. The molecule has 0 bridgehead atoms. The number of carbonyl (C=O) groups excluding carboxylic acids is 1. The monoisotopic (exact) mass is 325 g/mol. The van der Waals surface area contributed by atoms with Crippen molar-refractivity contribution in [2.75, 3.05) is 7.11 Å². The Hall–Kier alpha value is -2.62. The Labute approximate surface area is 140 Å². The summed E-state index contributed by atoms with van der Waals surface area (Å²) in [5, 5.41) is 0. The number of nitrogens with zero attached hydrogens (tertiary/aromatic N) is 1. The first-order valence-electron chi connectivity index (χ1n) is 7.77. The standard InChI is InChI=1S/C19H19NO4/c1-13-10-14-4-7-17(11-18(14)24-19(13,2)22-3)23-16-8-5-15(6-9-16)20-12-21/h5-11,13H,4H2,1-3H3. The average Bonchev–Trinajstić information content (AvgIpc) is 2.58. The zero-order valence-electron chi connectivity index (χ0n) is 13.9. The highest BCUT2D eigenvalue weighted by Gasteiger charge is 2.38. The van der Waals surface area contributed by atoms with E-state index in [1.807, 2.05) is 19.1 Å². The van der Waals surface area contributed by atoms with E-state index in [9.17, 15) is 4.79 Å². The van der Waals surface area contributed by atoms with Crippen LogP contribution >= 0.6 is 0 Å². The normalized spacial score (nSPS) is 25.3. The van der Waals surface area contributed by atoms with Gasteiger partial charge < -0.3 is 14.2 Å². The van der Waals surface area contributed by atoms with Gasteiger partial charge in [-0.05, 0) is 42.3 Å². The van der Waals surface area contributed by atoms with Gasteiger partial charge in [0.1, 0.15) is 17.3 Å². The number of benzene rings is 1. The third-order valence-electron chi connectivity index (χ3n) is 4.36. The molecule has 24 heavy (non-hydrogen) atoms. The molecular formula is C19H19NO4. The predicted molar refractivity (Wildman–Crippen MR) is 89.4 cm³/mol. The molecule has 0 fully saturated rings. The molecule has 0 aromatic heterocycles. The lowest BCUT2D eigenvalue weighted by atomic mass is 9.91. The van der Waals surface area contributed by atoms with Crippen LogP contribution in [-0.2, 0) is 14.3 Å². The molecule has 0 saturated heterocycles. The molecule has 2 aliphatic rings. The molecule has 0 spiro atoms. The molecule has 3 rings (SSSR count). The Morgan fingerprint density at radius 2 is 2.08 bits per heavy atom. The molecule has 1 heterocycles. The second-order valence-corrected chi connectivity index (χ2v) is 5.92. The molecule has 1 aromatic rings. The number of hydrogen-bond acceptors (Lipinski definition) is 5. The Morgan fingerprint density at radius 1 is 1.33 bits per heavy atom. The van der Waals surface area contributed by atoms with Gasteiger partial charge in [0, 0.05) is 26.0 Å². The van der Waals surface area contributed by atoms with Gasteiger partial charge in [-0.15, -0.1) is 0 Å². The molecule has 5 heteroatoms. The van der Waals surface area contributed by atoms with Crippen LogP contribution in [0.25, 0.3) is 0 Å². The van der Waals surface area contributed by atoms with Gasteiger partial charge in [-0.3, -0.25) is 0 Å². The molecule has 2 atom stereocenters. The number of ether oxygens (including phenoxy) is 3. The van der Waals surface area contributed by atoms with Gasteiger partial charge in [-0.1, -0.05) is 13.0 Å². The maximum atomic E-state index is 10.2. The molecule has 1 aromatic carbocycles. The van der Waals surface area contributed by atoms with E-state index >= 15 is 0 Å². The maximum Gasteiger partial charge on any atom is 0.240 e. The van der Waals surface area contributed by atoms with E-state index < -0.39 is 5.79 Å². The van der Waals surface area contributed by atoms with Crippen molar-refractivity contribution in [1.82, 2.24) is 0 Å². The SMILES string of the molecule is COC1(C)OC2=CC(Oc3ccc(N=C=O)cc3)=CCC2=CC1C. The Bertz CT molecular complexity index is 769.